The summed E-state index contributed by atoms with van der Waals surface area (Å²) in [5.74, 6) is 0.164. The van der Waals surface area contributed by atoms with Crippen molar-refractivity contribution in [1.82, 2.24) is 24.9 Å². The molecule has 1 atom stereocenters. The highest BCUT2D eigenvalue weighted by atomic mass is 32.1. The molecule has 40 heavy (non-hydrogen) atoms. The molecule has 2 aliphatic rings. The van der Waals surface area contributed by atoms with Crippen molar-refractivity contribution in [1.29, 1.82) is 0 Å². The van der Waals surface area contributed by atoms with Crippen LogP contribution >= 0.6 is 11.3 Å². The molecule has 9 heteroatoms. The first-order valence-electron chi connectivity index (χ1n) is 14.6. The fraction of sp³-hybridized carbons (Fsp3) is 0.484. The lowest BCUT2D eigenvalue weighted by Gasteiger charge is -2.26. The average Bonchev–Trinajstić information content (AvgIpc) is 3.68. The Labute approximate surface area is 238 Å². The molecule has 4 heterocycles. The molecule has 2 aromatic heterocycles. The molecular weight excluding hydrogens is 525 g/mol. The third-order valence-electron chi connectivity index (χ3n) is 7.92. The number of hydrogen-bond donors (Lipinski definition) is 2. The van der Waals surface area contributed by atoms with Crippen LogP contribution in [-0.4, -0.2) is 59.0 Å². The van der Waals surface area contributed by atoms with Crippen LogP contribution in [0.5, 0.6) is 5.75 Å². The minimum Gasteiger partial charge on any atom is -0.490 e. The number of imidazole rings is 1. The van der Waals surface area contributed by atoms with E-state index in [9.17, 15) is 4.79 Å². The first-order valence-corrected chi connectivity index (χ1v) is 15.4. The SMILES string of the molecule is CC(C)Oc1cc2c(cc1C(=O)NCCCN1CCCCC1)sc1nc(-c3ccc(C4CCCN4)cc3F)cn12. The molecule has 2 aliphatic heterocycles. The quantitative estimate of drug-likeness (QED) is 0.238. The van der Waals surface area contributed by atoms with E-state index in [4.69, 9.17) is 9.72 Å². The first-order chi connectivity index (χ1) is 19.5. The van der Waals surface area contributed by atoms with Crippen LogP contribution < -0.4 is 15.4 Å². The topological polar surface area (TPSA) is 70.9 Å². The highest BCUT2D eigenvalue weighted by molar-refractivity contribution is 7.23. The summed E-state index contributed by atoms with van der Waals surface area (Å²) in [5, 5.41) is 6.52. The lowest BCUT2D eigenvalue weighted by atomic mass is 10.0. The number of carbonyl (C=O) groups excluding carboxylic acids is 1. The lowest BCUT2D eigenvalue weighted by molar-refractivity contribution is 0.0945. The van der Waals surface area contributed by atoms with Gasteiger partial charge in [0.2, 0.25) is 0 Å². The van der Waals surface area contributed by atoms with E-state index < -0.39 is 0 Å². The van der Waals surface area contributed by atoms with Crippen LogP contribution in [0, 0.1) is 5.82 Å². The molecule has 0 aliphatic carbocycles. The number of ether oxygens (including phenoxy) is 1. The zero-order chi connectivity index (χ0) is 27.6. The van der Waals surface area contributed by atoms with Crippen LogP contribution in [-0.2, 0) is 0 Å². The molecule has 6 rings (SSSR count). The number of piperidine rings is 1. The van der Waals surface area contributed by atoms with Gasteiger partial charge in [0.1, 0.15) is 11.6 Å². The monoisotopic (exact) mass is 563 g/mol. The van der Waals surface area contributed by atoms with E-state index in [0.29, 0.717) is 29.1 Å². The fourth-order valence-corrected chi connectivity index (χ4v) is 6.92. The van der Waals surface area contributed by atoms with Crippen molar-refractivity contribution < 1.29 is 13.9 Å². The van der Waals surface area contributed by atoms with E-state index in [1.807, 2.05) is 48.7 Å². The number of halogens is 1. The number of amides is 1. The number of nitrogens with one attached hydrogen (secondary N) is 2. The second kappa shape index (κ2) is 11.8. The molecular formula is C31H38FN5O2S. The van der Waals surface area contributed by atoms with Crippen molar-refractivity contribution in [3.8, 4) is 17.0 Å². The number of hydrogen-bond acceptors (Lipinski definition) is 6. The number of carbonyl (C=O) groups is 1. The Morgan fingerprint density at radius 3 is 2.80 bits per heavy atom. The zero-order valence-electron chi connectivity index (χ0n) is 23.3. The summed E-state index contributed by atoms with van der Waals surface area (Å²) in [7, 11) is 0. The van der Waals surface area contributed by atoms with Gasteiger partial charge in [-0.1, -0.05) is 23.8 Å². The van der Waals surface area contributed by atoms with Crippen LogP contribution in [0.3, 0.4) is 0 Å². The summed E-state index contributed by atoms with van der Waals surface area (Å²) in [6.45, 7) is 8.85. The summed E-state index contributed by atoms with van der Waals surface area (Å²) >= 11 is 1.49. The van der Waals surface area contributed by atoms with Crippen LogP contribution in [0.25, 0.3) is 26.4 Å². The minimum atomic E-state index is -0.260. The van der Waals surface area contributed by atoms with Gasteiger partial charge in [0.05, 0.1) is 27.6 Å². The van der Waals surface area contributed by atoms with E-state index >= 15 is 4.39 Å². The van der Waals surface area contributed by atoms with Gasteiger partial charge in [-0.2, -0.15) is 0 Å². The standard InChI is InChI=1S/C31H38FN5O2S/c1-20(2)39-28-18-27-29(17-23(28)30(38)34-12-7-15-36-13-4-3-5-14-36)40-31-35-26(19-37(27)31)22-10-9-21(16-24(22)32)25-8-6-11-33-25/h9-10,16-20,25,33H,3-8,11-15H2,1-2H3,(H,34,38). The van der Waals surface area contributed by atoms with Gasteiger partial charge in [0.15, 0.2) is 4.96 Å². The summed E-state index contributed by atoms with van der Waals surface area (Å²) < 4.78 is 24.2. The van der Waals surface area contributed by atoms with Crippen LogP contribution in [0.2, 0.25) is 0 Å². The van der Waals surface area contributed by atoms with Gasteiger partial charge in [0.25, 0.3) is 5.91 Å². The predicted octanol–water partition coefficient (Wildman–Crippen LogP) is 6.17. The van der Waals surface area contributed by atoms with E-state index in [2.05, 4.69) is 15.5 Å². The van der Waals surface area contributed by atoms with Gasteiger partial charge >= 0.3 is 0 Å². The van der Waals surface area contributed by atoms with E-state index in [1.165, 1.54) is 30.6 Å². The Kier molecular flexibility index (Phi) is 8.05. The summed E-state index contributed by atoms with van der Waals surface area (Å²) in [5.41, 5.74) is 3.50. The normalized spacial score (nSPS) is 18.2. The van der Waals surface area contributed by atoms with Gasteiger partial charge in [0, 0.05) is 30.4 Å². The van der Waals surface area contributed by atoms with Crippen molar-refractivity contribution in [3.63, 3.8) is 0 Å². The van der Waals surface area contributed by atoms with Gasteiger partial charge in [-0.3, -0.25) is 9.20 Å². The summed E-state index contributed by atoms with van der Waals surface area (Å²) in [6.07, 6.45) is 8.73. The molecule has 7 nitrogen and oxygen atoms in total. The van der Waals surface area contributed by atoms with Crippen LogP contribution in [0.15, 0.2) is 36.5 Å². The average molecular weight is 564 g/mol. The molecule has 2 saturated heterocycles. The highest BCUT2D eigenvalue weighted by Gasteiger charge is 2.21. The molecule has 0 spiro atoms. The van der Waals surface area contributed by atoms with Gasteiger partial charge < -0.3 is 20.3 Å². The second-order valence-corrected chi connectivity index (χ2v) is 12.3. The number of thiazole rings is 1. The molecule has 4 aromatic rings. The third kappa shape index (κ3) is 5.73. The molecule has 0 bridgehead atoms. The highest BCUT2D eigenvalue weighted by Crippen LogP contribution is 2.35. The minimum absolute atomic E-state index is 0.0856. The van der Waals surface area contributed by atoms with Crippen molar-refractivity contribution in [2.45, 2.75) is 64.5 Å². The maximum absolute atomic E-state index is 15.2. The fourth-order valence-electron chi connectivity index (χ4n) is 5.89. The predicted molar refractivity (Wildman–Crippen MR) is 159 cm³/mol. The Balaban J connectivity index is 1.23. The second-order valence-electron chi connectivity index (χ2n) is 11.3. The number of nitrogens with zero attached hydrogens (tertiary/aromatic N) is 3. The van der Waals surface area contributed by atoms with E-state index in [1.54, 1.807) is 6.07 Å². The van der Waals surface area contributed by atoms with Crippen molar-refractivity contribution in [2.75, 3.05) is 32.7 Å². The zero-order valence-corrected chi connectivity index (χ0v) is 24.2. The molecule has 2 aromatic carbocycles. The Hall–Kier alpha value is -3.01. The third-order valence-corrected chi connectivity index (χ3v) is 8.94. The molecule has 212 valence electrons. The summed E-state index contributed by atoms with van der Waals surface area (Å²) in [6, 6.07) is 9.50. The first kappa shape index (κ1) is 27.2. The molecule has 0 saturated carbocycles. The van der Waals surface area contributed by atoms with E-state index in [-0.39, 0.29) is 23.9 Å². The van der Waals surface area contributed by atoms with Gasteiger partial charge in [-0.15, -0.1) is 0 Å². The number of benzene rings is 2. The molecule has 1 unspecified atom stereocenters. The molecule has 0 radical (unpaired) electrons. The number of aromatic nitrogens is 2. The maximum Gasteiger partial charge on any atom is 0.255 e. The summed E-state index contributed by atoms with van der Waals surface area (Å²) in [4.78, 5) is 21.2. The molecule has 1 amide bonds. The van der Waals surface area contributed by atoms with Crippen LogP contribution in [0.1, 0.15) is 74.3 Å². The van der Waals surface area contributed by atoms with Crippen molar-refractivity contribution in [2.24, 2.45) is 0 Å². The Morgan fingerprint density at radius 1 is 1.20 bits per heavy atom. The maximum atomic E-state index is 15.2. The Morgan fingerprint density at radius 2 is 2.05 bits per heavy atom. The Bertz CT molecular complexity index is 1500. The van der Waals surface area contributed by atoms with E-state index in [0.717, 1.165) is 66.2 Å². The van der Waals surface area contributed by atoms with Crippen molar-refractivity contribution >= 4 is 32.4 Å². The number of fused-ring (bicyclic) bond motifs is 3. The largest absolute Gasteiger partial charge is 0.490 e. The van der Waals surface area contributed by atoms with Crippen LogP contribution in [0.4, 0.5) is 4.39 Å². The van der Waals surface area contributed by atoms with Gasteiger partial charge in [-0.25, -0.2) is 9.37 Å². The van der Waals surface area contributed by atoms with Gasteiger partial charge in [-0.05, 0) is 95.9 Å². The number of rotatable bonds is 9. The molecule has 2 fully saturated rings. The molecule has 2 N–H and O–H groups in total. The lowest BCUT2D eigenvalue weighted by Crippen LogP contribution is -2.33. The number of likely N-dealkylation sites (tertiary alicyclic amines) is 1. The smallest absolute Gasteiger partial charge is 0.255 e. The van der Waals surface area contributed by atoms with Crippen molar-refractivity contribution in [3.05, 3.63) is 53.5 Å².